The molecule has 0 unspecified atom stereocenters. The van der Waals surface area contributed by atoms with Crippen LogP contribution >= 0.6 is 0 Å². The number of nitrogens with one attached hydrogen (secondary N) is 2. The van der Waals surface area contributed by atoms with Crippen molar-refractivity contribution in [3.05, 3.63) is 11.8 Å². The van der Waals surface area contributed by atoms with Crippen LogP contribution in [0.25, 0.3) is 0 Å². The second kappa shape index (κ2) is 5.89. The van der Waals surface area contributed by atoms with Crippen LogP contribution < -0.4 is 10.6 Å². The Labute approximate surface area is 108 Å². The van der Waals surface area contributed by atoms with Gasteiger partial charge in [0, 0.05) is 19.7 Å². The summed E-state index contributed by atoms with van der Waals surface area (Å²) in [5, 5.41) is 9.96. The second-order valence-corrected chi connectivity index (χ2v) is 5.13. The van der Waals surface area contributed by atoms with Crippen molar-refractivity contribution in [3.63, 3.8) is 0 Å². The van der Waals surface area contributed by atoms with Gasteiger partial charge in [-0.25, -0.2) is 4.79 Å². The lowest BCUT2D eigenvalue weighted by atomic mass is 9.89. The van der Waals surface area contributed by atoms with Crippen molar-refractivity contribution in [2.45, 2.75) is 39.0 Å². The Morgan fingerprint density at radius 3 is 2.78 bits per heavy atom. The summed E-state index contributed by atoms with van der Waals surface area (Å²) in [5.74, 6) is 1.38. The van der Waals surface area contributed by atoms with Crippen LogP contribution in [0.15, 0.2) is 6.07 Å². The van der Waals surface area contributed by atoms with Crippen LogP contribution in [-0.4, -0.2) is 22.4 Å². The van der Waals surface area contributed by atoms with E-state index in [2.05, 4.69) is 15.7 Å². The van der Waals surface area contributed by atoms with E-state index in [-0.39, 0.29) is 6.03 Å². The minimum atomic E-state index is -0.136. The number of nitrogens with zero attached hydrogens (tertiary/aromatic N) is 2. The fourth-order valence-corrected chi connectivity index (χ4v) is 2.52. The first-order chi connectivity index (χ1) is 8.65. The highest BCUT2D eigenvalue weighted by Crippen LogP contribution is 2.22. The van der Waals surface area contributed by atoms with Gasteiger partial charge in [-0.1, -0.05) is 19.3 Å². The van der Waals surface area contributed by atoms with Gasteiger partial charge in [0.2, 0.25) is 0 Å². The highest BCUT2D eigenvalue weighted by molar-refractivity contribution is 5.88. The number of anilines is 1. The van der Waals surface area contributed by atoms with Gasteiger partial charge in [0.05, 0.1) is 5.69 Å². The fraction of sp³-hybridized carbons (Fsp3) is 0.692. The first-order valence-electron chi connectivity index (χ1n) is 6.70. The molecule has 1 saturated carbocycles. The Kier molecular flexibility index (Phi) is 4.23. The molecule has 2 N–H and O–H groups in total. The molecule has 1 aliphatic rings. The van der Waals surface area contributed by atoms with E-state index >= 15 is 0 Å². The number of aryl methyl sites for hydroxylation is 2. The molecule has 0 aliphatic heterocycles. The Bertz CT molecular complexity index is 407. The molecule has 2 rings (SSSR count). The Morgan fingerprint density at radius 1 is 1.44 bits per heavy atom. The van der Waals surface area contributed by atoms with Crippen molar-refractivity contribution >= 4 is 11.8 Å². The predicted octanol–water partition coefficient (Wildman–Crippen LogP) is 2.43. The van der Waals surface area contributed by atoms with E-state index in [1.165, 1.54) is 32.1 Å². The third-order valence-corrected chi connectivity index (χ3v) is 3.52. The molecule has 0 atom stereocenters. The molecule has 1 fully saturated rings. The Morgan fingerprint density at radius 2 is 2.17 bits per heavy atom. The van der Waals surface area contributed by atoms with E-state index in [4.69, 9.17) is 0 Å². The standard InChI is InChI=1S/C13H22N4O/c1-10-8-12(17(2)16-10)15-13(18)14-9-11-6-4-3-5-7-11/h8,11H,3-7,9H2,1-2H3,(H2,14,15,18). The molecule has 5 heteroatoms. The van der Waals surface area contributed by atoms with Crippen LogP contribution in [0.3, 0.4) is 0 Å². The molecule has 1 aliphatic carbocycles. The molecule has 1 aromatic rings. The lowest BCUT2D eigenvalue weighted by Gasteiger charge is -2.21. The zero-order valence-corrected chi connectivity index (χ0v) is 11.2. The lowest BCUT2D eigenvalue weighted by molar-refractivity contribution is 0.247. The quantitative estimate of drug-likeness (QED) is 0.865. The zero-order chi connectivity index (χ0) is 13.0. The van der Waals surface area contributed by atoms with Crippen molar-refractivity contribution < 1.29 is 4.79 Å². The second-order valence-electron chi connectivity index (χ2n) is 5.13. The summed E-state index contributed by atoms with van der Waals surface area (Å²) >= 11 is 0. The highest BCUT2D eigenvalue weighted by Gasteiger charge is 2.14. The lowest BCUT2D eigenvalue weighted by Crippen LogP contribution is -2.34. The van der Waals surface area contributed by atoms with Crippen LogP contribution in [0.2, 0.25) is 0 Å². The molecule has 1 heterocycles. The van der Waals surface area contributed by atoms with E-state index in [0.29, 0.717) is 5.92 Å². The van der Waals surface area contributed by atoms with E-state index < -0.39 is 0 Å². The maximum Gasteiger partial charge on any atom is 0.320 e. The zero-order valence-electron chi connectivity index (χ0n) is 11.2. The van der Waals surface area contributed by atoms with E-state index in [1.807, 2.05) is 20.0 Å². The predicted molar refractivity (Wildman–Crippen MR) is 71.5 cm³/mol. The van der Waals surface area contributed by atoms with Gasteiger partial charge in [-0.15, -0.1) is 0 Å². The number of urea groups is 1. The number of carbonyl (C=O) groups is 1. The van der Waals surface area contributed by atoms with Crippen molar-refractivity contribution in [2.75, 3.05) is 11.9 Å². The smallest absolute Gasteiger partial charge is 0.320 e. The average molecular weight is 250 g/mol. The normalized spacial score (nSPS) is 16.6. The molecular formula is C13H22N4O. The SMILES string of the molecule is Cc1cc(NC(=O)NCC2CCCCC2)n(C)n1. The van der Waals surface area contributed by atoms with E-state index in [9.17, 15) is 4.79 Å². The number of amides is 2. The Balaban J connectivity index is 1.76. The molecule has 0 aromatic carbocycles. The van der Waals surface area contributed by atoms with E-state index in [0.717, 1.165) is 18.1 Å². The number of hydrogen-bond donors (Lipinski definition) is 2. The third kappa shape index (κ3) is 3.48. The number of hydrogen-bond acceptors (Lipinski definition) is 2. The van der Waals surface area contributed by atoms with E-state index in [1.54, 1.807) is 4.68 Å². The first-order valence-corrected chi connectivity index (χ1v) is 6.70. The van der Waals surface area contributed by atoms with Crippen LogP contribution in [0, 0.1) is 12.8 Å². The molecule has 100 valence electrons. The summed E-state index contributed by atoms with van der Waals surface area (Å²) < 4.78 is 1.68. The number of carbonyl (C=O) groups excluding carboxylic acids is 1. The van der Waals surface area contributed by atoms with Crippen molar-refractivity contribution in [3.8, 4) is 0 Å². The van der Waals surface area contributed by atoms with Crippen LogP contribution in [0.1, 0.15) is 37.8 Å². The summed E-state index contributed by atoms with van der Waals surface area (Å²) in [6.45, 7) is 2.69. The van der Waals surface area contributed by atoms with Gasteiger partial charge >= 0.3 is 6.03 Å². The van der Waals surface area contributed by atoms with Crippen LogP contribution in [0.5, 0.6) is 0 Å². The molecule has 0 radical (unpaired) electrons. The topological polar surface area (TPSA) is 59.0 Å². The van der Waals surface area contributed by atoms with Crippen molar-refractivity contribution in [1.82, 2.24) is 15.1 Å². The summed E-state index contributed by atoms with van der Waals surface area (Å²) in [5.41, 5.74) is 0.903. The van der Waals surface area contributed by atoms with Gasteiger partial charge in [-0.05, 0) is 25.7 Å². The minimum absolute atomic E-state index is 0.136. The molecule has 0 spiro atoms. The summed E-state index contributed by atoms with van der Waals surface area (Å²) in [4.78, 5) is 11.8. The Hall–Kier alpha value is -1.52. The van der Waals surface area contributed by atoms with Gasteiger partial charge in [0.25, 0.3) is 0 Å². The molecule has 1 aromatic heterocycles. The van der Waals surface area contributed by atoms with Gasteiger partial charge < -0.3 is 5.32 Å². The van der Waals surface area contributed by atoms with Gasteiger partial charge in [-0.3, -0.25) is 10.00 Å². The van der Waals surface area contributed by atoms with Gasteiger partial charge in [-0.2, -0.15) is 5.10 Å². The fourth-order valence-electron chi connectivity index (χ4n) is 2.52. The maximum absolute atomic E-state index is 11.8. The first kappa shape index (κ1) is 12.9. The maximum atomic E-state index is 11.8. The molecule has 2 amide bonds. The van der Waals surface area contributed by atoms with Gasteiger partial charge in [0.15, 0.2) is 0 Å². The third-order valence-electron chi connectivity index (χ3n) is 3.52. The highest BCUT2D eigenvalue weighted by atomic mass is 16.2. The molecule has 18 heavy (non-hydrogen) atoms. The minimum Gasteiger partial charge on any atom is -0.338 e. The van der Waals surface area contributed by atoms with Crippen molar-refractivity contribution in [1.29, 1.82) is 0 Å². The van der Waals surface area contributed by atoms with Gasteiger partial charge in [0.1, 0.15) is 5.82 Å². The molecule has 5 nitrogen and oxygen atoms in total. The average Bonchev–Trinajstić information content (AvgIpc) is 2.67. The van der Waals surface area contributed by atoms with Crippen molar-refractivity contribution in [2.24, 2.45) is 13.0 Å². The van der Waals surface area contributed by atoms with Crippen LogP contribution in [-0.2, 0) is 7.05 Å². The summed E-state index contributed by atoms with van der Waals surface area (Å²) in [7, 11) is 1.82. The van der Waals surface area contributed by atoms with Crippen LogP contribution in [0.4, 0.5) is 10.6 Å². The number of rotatable bonds is 3. The number of aromatic nitrogens is 2. The summed E-state index contributed by atoms with van der Waals surface area (Å²) in [6.07, 6.45) is 6.43. The molecular weight excluding hydrogens is 228 g/mol. The molecule has 0 saturated heterocycles. The largest absolute Gasteiger partial charge is 0.338 e. The summed E-state index contributed by atoms with van der Waals surface area (Å²) in [6, 6.07) is 1.73. The molecule has 0 bridgehead atoms. The monoisotopic (exact) mass is 250 g/mol.